The number of para-hydroxylation sites is 1. The highest BCUT2D eigenvalue weighted by molar-refractivity contribution is 5.76. The summed E-state index contributed by atoms with van der Waals surface area (Å²) in [6, 6.07) is 7.27. The molecule has 2 N–H and O–H groups in total. The molecule has 0 amide bonds. The molecule has 4 nitrogen and oxygen atoms in total. The smallest absolute Gasteiger partial charge is 0.307 e. The first-order valence-corrected chi connectivity index (χ1v) is 4.61. The summed E-state index contributed by atoms with van der Waals surface area (Å²) in [4.78, 5) is 14.3. The van der Waals surface area contributed by atoms with Gasteiger partial charge in [0.05, 0.1) is 5.52 Å². The molecule has 76 valence electrons. The summed E-state index contributed by atoms with van der Waals surface area (Å²) in [6.45, 7) is 3.91. The Morgan fingerprint density at radius 1 is 1.47 bits per heavy atom. The summed E-state index contributed by atoms with van der Waals surface area (Å²) in [6.07, 6.45) is 1.60. The highest BCUT2D eigenvalue weighted by Gasteiger charge is 2.01. The number of H-pyrrole nitrogens is 1. The monoisotopic (exact) mass is 201 g/mol. The van der Waals surface area contributed by atoms with Crippen LogP contribution in [0.3, 0.4) is 0 Å². The van der Waals surface area contributed by atoms with Crippen LogP contribution in [0.15, 0.2) is 41.7 Å². The molecule has 0 radical (unpaired) electrons. The van der Waals surface area contributed by atoms with E-state index in [1.807, 2.05) is 18.2 Å². The lowest BCUT2D eigenvalue weighted by atomic mass is 10.2. The molecule has 1 aromatic heterocycles. The van der Waals surface area contributed by atoms with Crippen molar-refractivity contribution in [2.45, 2.75) is 6.54 Å². The average Bonchev–Trinajstić information content (AvgIpc) is 2.24. The van der Waals surface area contributed by atoms with Gasteiger partial charge >= 0.3 is 5.69 Å². The number of nitrogens with zero attached hydrogens (tertiary/aromatic N) is 1. The molecule has 0 saturated heterocycles. The second-order valence-corrected chi connectivity index (χ2v) is 3.22. The van der Waals surface area contributed by atoms with Gasteiger partial charge in [0.2, 0.25) is 0 Å². The number of hydrogen-bond acceptors (Lipinski definition) is 2. The molecule has 2 aromatic rings. The minimum atomic E-state index is -0.279. The Kier molecular flexibility index (Phi) is 2.25. The maximum Gasteiger partial charge on any atom is 0.327 e. The van der Waals surface area contributed by atoms with Gasteiger partial charge in [0.25, 0.3) is 0 Å². The minimum Gasteiger partial charge on any atom is -0.307 e. The number of fused-ring (bicyclic) bond motifs is 1. The first kappa shape index (κ1) is 9.45. The topological polar surface area (TPSA) is 61.6 Å². The zero-order valence-corrected chi connectivity index (χ0v) is 8.16. The van der Waals surface area contributed by atoms with E-state index in [9.17, 15) is 4.79 Å². The number of rotatable bonds is 2. The summed E-state index contributed by atoms with van der Waals surface area (Å²) in [5.74, 6) is 0. The average molecular weight is 201 g/mol. The van der Waals surface area contributed by atoms with E-state index in [-0.39, 0.29) is 11.2 Å². The Morgan fingerprint density at radius 2 is 2.20 bits per heavy atom. The molecular formula is C11H11N3O. The molecule has 1 aromatic carbocycles. The van der Waals surface area contributed by atoms with Crippen molar-refractivity contribution in [1.82, 2.24) is 9.55 Å². The van der Waals surface area contributed by atoms with Gasteiger partial charge in [-0.2, -0.15) is 0 Å². The minimum absolute atomic E-state index is 0.217. The number of aromatic amines is 1. The Labute approximate surface area is 86.0 Å². The first-order chi connectivity index (χ1) is 7.24. The number of allylic oxidation sites excluding steroid dienone is 1. The van der Waals surface area contributed by atoms with Crippen molar-refractivity contribution in [3.63, 3.8) is 0 Å². The number of nitrogens with one attached hydrogen (secondary N) is 2. The predicted molar refractivity (Wildman–Crippen MR) is 58.6 cm³/mol. The van der Waals surface area contributed by atoms with E-state index in [2.05, 4.69) is 11.6 Å². The van der Waals surface area contributed by atoms with Gasteiger partial charge in [-0.15, -0.1) is 6.58 Å². The molecule has 4 heteroatoms. The normalized spacial score (nSPS) is 10.4. The van der Waals surface area contributed by atoms with Gasteiger partial charge in [0.15, 0.2) is 0 Å². The second-order valence-electron chi connectivity index (χ2n) is 3.22. The van der Waals surface area contributed by atoms with Crippen molar-refractivity contribution in [2.24, 2.45) is 0 Å². The molecule has 1 heterocycles. The van der Waals surface area contributed by atoms with Crippen LogP contribution >= 0.6 is 0 Å². The van der Waals surface area contributed by atoms with Crippen molar-refractivity contribution in [3.05, 3.63) is 52.9 Å². The van der Waals surface area contributed by atoms with Crippen LogP contribution < -0.4 is 11.2 Å². The second kappa shape index (κ2) is 3.57. The summed E-state index contributed by atoms with van der Waals surface area (Å²) < 4.78 is 1.34. The van der Waals surface area contributed by atoms with Crippen LogP contribution in [0.25, 0.3) is 10.9 Å². The highest BCUT2D eigenvalue weighted by atomic mass is 16.1. The molecule has 0 aliphatic heterocycles. The summed E-state index contributed by atoms with van der Waals surface area (Å²) in [5, 5.41) is 8.61. The molecule has 0 saturated carbocycles. The predicted octanol–water partition coefficient (Wildman–Crippen LogP) is 0.995. The standard InChI is InChI=1S/C11H11N3O/c1-2-7-14-10(12)8-5-3-4-6-9(8)13-11(14)15/h2-6,12H,1,7H2,(H,13,15). The van der Waals surface area contributed by atoms with Crippen molar-refractivity contribution >= 4 is 10.9 Å². The van der Waals surface area contributed by atoms with Crippen LogP contribution in [-0.4, -0.2) is 9.55 Å². The summed E-state index contributed by atoms with van der Waals surface area (Å²) >= 11 is 0. The van der Waals surface area contributed by atoms with Crippen molar-refractivity contribution < 1.29 is 0 Å². The van der Waals surface area contributed by atoms with E-state index in [1.54, 1.807) is 12.1 Å². The van der Waals surface area contributed by atoms with Crippen LogP contribution in [-0.2, 0) is 6.54 Å². The SMILES string of the molecule is C=CCn1c(=O)[nH]c2ccccc2c1=N. The Bertz CT molecular complexity index is 622. The fourth-order valence-corrected chi connectivity index (χ4v) is 1.53. The van der Waals surface area contributed by atoms with Crippen molar-refractivity contribution in [2.75, 3.05) is 0 Å². The maximum atomic E-state index is 11.6. The van der Waals surface area contributed by atoms with Crippen LogP contribution in [0.4, 0.5) is 0 Å². The van der Waals surface area contributed by atoms with Gasteiger partial charge in [-0.1, -0.05) is 18.2 Å². The number of aromatic nitrogens is 2. The zero-order valence-electron chi connectivity index (χ0n) is 8.16. The van der Waals surface area contributed by atoms with Crippen LogP contribution in [0.2, 0.25) is 0 Å². The molecule has 0 aliphatic carbocycles. The van der Waals surface area contributed by atoms with E-state index >= 15 is 0 Å². The molecule has 0 atom stereocenters. The van der Waals surface area contributed by atoms with E-state index in [1.165, 1.54) is 4.57 Å². The summed E-state index contributed by atoms with van der Waals surface area (Å²) in [7, 11) is 0. The number of benzene rings is 1. The lowest BCUT2D eigenvalue weighted by molar-refractivity contribution is 0.704. The molecule has 0 fully saturated rings. The van der Waals surface area contributed by atoms with Gasteiger partial charge in [-0.25, -0.2) is 4.79 Å². The van der Waals surface area contributed by atoms with Gasteiger partial charge in [0, 0.05) is 11.9 Å². The lowest BCUT2D eigenvalue weighted by Crippen LogP contribution is -2.34. The summed E-state index contributed by atoms with van der Waals surface area (Å²) in [5.41, 5.74) is 0.626. The Hall–Kier alpha value is -2.10. The fraction of sp³-hybridized carbons (Fsp3) is 0.0909. The third kappa shape index (κ3) is 1.50. The molecule has 0 aliphatic rings. The van der Waals surface area contributed by atoms with E-state index in [0.717, 1.165) is 5.39 Å². The Balaban J connectivity index is 2.90. The van der Waals surface area contributed by atoms with Crippen LogP contribution in [0, 0.1) is 5.41 Å². The molecule has 0 bridgehead atoms. The number of hydrogen-bond donors (Lipinski definition) is 2. The molecule has 0 unspecified atom stereocenters. The zero-order chi connectivity index (χ0) is 10.8. The van der Waals surface area contributed by atoms with E-state index < -0.39 is 0 Å². The third-order valence-corrected chi connectivity index (χ3v) is 2.25. The van der Waals surface area contributed by atoms with Gasteiger partial charge < -0.3 is 4.98 Å². The van der Waals surface area contributed by atoms with Gasteiger partial charge in [0.1, 0.15) is 5.49 Å². The van der Waals surface area contributed by atoms with E-state index in [4.69, 9.17) is 5.41 Å². The third-order valence-electron chi connectivity index (χ3n) is 2.25. The van der Waals surface area contributed by atoms with Gasteiger partial charge in [-0.05, 0) is 12.1 Å². The van der Waals surface area contributed by atoms with Crippen molar-refractivity contribution in [3.8, 4) is 0 Å². The lowest BCUT2D eigenvalue weighted by Gasteiger charge is -2.04. The first-order valence-electron chi connectivity index (χ1n) is 4.61. The molecule has 0 spiro atoms. The van der Waals surface area contributed by atoms with Crippen LogP contribution in [0.1, 0.15) is 0 Å². The largest absolute Gasteiger partial charge is 0.327 e. The molecule has 15 heavy (non-hydrogen) atoms. The highest BCUT2D eigenvalue weighted by Crippen LogP contribution is 2.02. The quantitative estimate of drug-likeness (QED) is 0.699. The Morgan fingerprint density at radius 3 is 2.93 bits per heavy atom. The van der Waals surface area contributed by atoms with Gasteiger partial charge in [-0.3, -0.25) is 9.98 Å². The maximum absolute atomic E-state index is 11.6. The molecule has 2 rings (SSSR count). The van der Waals surface area contributed by atoms with Crippen molar-refractivity contribution in [1.29, 1.82) is 5.41 Å². The fourth-order valence-electron chi connectivity index (χ4n) is 1.53. The van der Waals surface area contributed by atoms with E-state index in [0.29, 0.717) is 12.1 Å². The van der Waals surface area contributed by atoms with Crippen LogP contribution in [0.5, 0.6) is 0 Å². The molecular weight excluding hydrogens is 190 g/mol.